The van der Waals surface area contributed by atoms with Crippen LogP contribution in [0.1, 0.15) is 10.4 Å². The summed E-state index contributed by atoms with van der Waals surface area (Å²) in [5, 5.41) is 2.88. The van der Waals surface area contributed by atoms with Crippen LogP contribution < -0.4 is 14.8 Å². The Kier molecular flexibility index (Phi) is 5.46. The van der Waals surface area contributed by atoms with E-state index in [2.05, 4.69) is 43.8 Å². The summed E-state index contributed by atoms with van der Waals surface area (Å²) >= 11 is 5.57. The largest absolute Gasteiger partial charge is 0.497 e. The molecule has 4 nitrogen and oxygen atoms in total. The van der Waals surface area contributed by atoms with Crippen molar-refractivity contribution in [1.82, 2.24) is 0 Å². The van der Waals surface area contributed by atoms with Crippen LogP contribution in [-0.2, 0) is 0 Å². The van der Waals surface area contributed by atoms with Gasteiger partial charge in [-0.3, -0.25) is 4.79 Å². The summed E-state index contributed by atoms with van der Waals surface area (Å²) in [6, 6.07) is 10.7. The zero-order chi connectivity index (χ0) is 15.4. The van der Waals surface area contributed by atoms with Gasteiger partial charge in [-0.1, -0.05) is 15.9 Å². The molecular weight excluding hydrogens is 449 g/mol. The van der Waals surface area contributed by atoms with Gasteiger partial charge < -0.3 is 14.8 Å². The van der Waals surface area contributed by atoms with Gasteiger partial charge in [0.2, 0.25) is 0 Å². The van der Waals surface area contributed by atoms with E-state index in [9.17, 15) is 4.79 Å². The summed E-state index contributed by atoms with van der Waals surface area (Å²) in [6.45, 7) is 0. The van der Waals surface area contributed by atoms with Crippen molar-refractivity contribution in [2.45, 2.75) is 0 Å². The maximum Gasteiger partial charge on any atom is 0.255 e. The van der Waals surface area contributed by atoms with Crippen LogP contribution in [0.3, 0.4) is 0 Å². The highest BCUT2D eigenvalue weighted by Crippen LogP contribution is 2.25. The predicted molar refractivity (Wildman–Crippen MR) is 94.4 cm³/mol. The average Bonchev–Trinajstić information content (AvgIpc) is 2.49. The van der Waals surface area contributed by atoms with E-state index < -0.39 is 0 Å². The van der Waals surface area contributed by atoms with Crippen molar-refractivity contribution in [3.63, 3.8) is 0 Å². The fourth-order valence-electron chi connectivity index (χ4n) is 1.72. The normalized spacial score (nSPS) is 10.1. The number of ether oxygens (including phenoxy) is 2. The second-order valence-electron chi connectivity index (χ2n) is 4.18. The van der Waals surface area contributed by atoms with Crippen molar-refractivity contribution in [2.24, 2.45) is 0 Å². The first kappa shape index (κ1) is 16.1. The molecule has 0 atom stereocenters. The van der Waals surface area contributed by atoms with E-state index in [0.717, 1.165) is 13.7 Å². The third-order valence-corrected chi connectivity index (χ3v) is 4.18. The molecule has 1 amide bonds. The van der Waals surface area contributed by atoms with Gasteiger partial charge in [0.25, 0.3) is 5.91 Å². The van der Waals surface area contributed by atoms with E-state index in [1.165, 1.54) is 0 Å². The number of rotatable bonds is 4. The molecule has 0 aliphatic carbocycles. The Hall–Kier alpha value is -1.28. The third kappa shape index (κ3) is 4.10. The molecule has 2 rings (SSSR count). The van der Waals surface area contributed by atoms with Gasteiger partial charge in [-0.25, -0.2) is 0 Å². The third-order valence-electron chi connectivity index (χ3n) is 2.79. The Labute approximate surface area is 145 Å². The molecule has 0 saturated heterocycles. The zero-order valence-corrected chi connectivity index (χ0v) is 15.2. The van der Waals surface area contributed by atoms with Crippen LogP contribution >= 0.6 is 38.5 Å². The Bertz CT molecular complexity index is 654. The molecule has 0 unspecified atom stereocenters. The smallest absolute Gasteiger partial charge is 0.255 e. The molecule has 21 heavy (non-hydrogen) atoms. The molecule has 0 spiro atoms. The topological polar surface area (TPSA) is 47.6 Å². The molecule has 0 aliphatic heterocycles. The molecule has 0 heterocycles. The van der Waals surface area contributed by atoms with Crippen LogP contribution in [0.15, 0.2) is 40.9 Å². The van der Waals surface area contributed by atoms with E-state index in [1.807, 2.05) is 18.2 Å². The summed E-state index contributed by atoms with van der Waals surface area (Å²) in [5.74, 6) is 0.933. The second kappa shape index (κ2) is 7.13. The van der Waals surface area contributed by atoms with Crippen molar-refractivity contribution >= 4 is 50.1 Å². The molecule has 0 fully saturated rings. The summed E-state index contributed by atoms with van der Waals surface area (Å²) in [4.78, 5) is 12.4. The summed E-state index contributed by atoms with van der Waals surface area (Å²) in [7, 11) is 3.10. The lowest BCUT2D eigenvalue weighted by atomic mass is 10.2. The molecular formula is C15H13BrINO3. The van der Waals surface area contributed by atoms with Crippen LogP contribution in [0.5, 0.6) is 11.5 Å². The molecule has 2 aromatic carbocycles. The maximum atomic E-state index is 12.4. The van der Waals surface area contributed by atoms with Crippen LogP contribution in [-0.4, -0.2) is 20.1 Å². The number of anilines is 1. The molecule has 0 bridgehead atoms. The van der Waals surface area contributed by atoms with Crippen LogP contribution in [0.4, 0.5) is 5.69 Å². The van der Waals surface area contributed by atoms with Crippen molar-refractivity contribution in [1.29, 1.82) is 0 Å². The first-order valence-corrected chi connectivity index (χ1v) is 7.90. The molecule has 2 aromatic rings. The minimum Gasteiger partial charge on any atom is -0.497 e. The minimum atomic E-state index is -0.215. The molecule has 110 valence electrons. The highest BCUT2D eigenvalue weighted by atomic mass is 127. The zero-order valence-electron chi connectivity index (χ0n) is 11.4. The molecule has 0 radical (unpaired) electrons. The Morgan fingerprint density at radius 2 is 1.71 bits per heavy atom. The monoisotopic (exact) mass is 461 g/mol. The number of nitrogens with one attached hydrogen (secondary N) is 1. The Morgan fingerprint density at radius 1 is 1.10 bits per heavy atom. The highest BCUT2D eigenvalue weighted by molar-refractivity contribution is 14.1. The van der Waals surface area contributed by atoms with E-state index in [0.29, 0.717) is 17.1 Å². The maximum absolute atomic E-state index is 12.4. The molecule has 0 saturated carbocycles. The number of halogens is 2. The van der Waals surface area contributed by atoms with Gasteiger partial charge in [0.1, 0.15) is 11.5 Å². The Balaban J connectivity index is 2.27. The van der Waals surface area contributed by atoms with Gasteiger partial charge in [-0.2, -0.15) is 0 Å². The van der Waals surface area contributed by atoms with Crippen molar-refractivity contribution in [2.75, 3.05) is 19.5 Å². The molecule has 1 N–H and O–H groups in total. The number of benzene rings is 2. The Morgan fingerprint density at radius 3 is 2.24 bits per heavy atom. The fourth-order valence-corrected chi connectivity index (χ4v) is 3.16. The number of methoxy groups -OCH3 is 2. The van der Waals surface area contributed by atoms with Gasteiger partial charge in [0, 0.05) is 19.7 Å². The fraction of sp³-hybridized carbons (Fsp3) is 0.133. The van der Waals surface area contributed by atoms with Gasteiger partial charge >= 0.3 is 0 Å². The van der Waals surface area contributed by atoms with Gasteiger partial charge in [0.05, 0.1) is 19.9 Å². The molecule has 6 heteroatoms. The quantitative estimate of drug-likeness (QED) is 0.689. The summed E-state index contributed by atoms with van der Waals surface area (Å²) < 4.78 is 12.3. The number of carbonyl (C=O) groups is 1. The number of hydrogen-bond acceptors (Lipinski definition) is 3. The van der Waals surface area contributed by atoms with E-state index in [-0.39, 0.29) is 5.91 Å². The predicted octanol–water partition coefficient (Wildman–Crippen LogP) is 4.32. The van der Waals surface area contributed by atoms with Gasteiger partial charge in [-0.15, -0.1) is 0 Å². The van der Waals surface area contributed by atoms with Crippen molar-refractivity contribution in [3.8, 4) is 11.5 Å². The van der Waals surface area contributed by atoms with Crippen LogP contribution in [0.25, 0.3) is 0 Å². The van der Waals surface area contributed by atoms with Gasteiger partial charge in [-0.05, 0) is 52.9 Å². The first-order chi connectivity index (χ1) is 10.0. The van der Waals surface area contributed by atoms with E-state index in [1.54, 1.807) is 32.4 Å². The number of hydrogen-bond donors (Lipinski definition) is 1. The lowest BCUT2D eigenvalue weighted by Crippen LogP contribution is -2.13. The molecule has 0 aromatic heterocycles. The van der Waals surface area contributed by atoms with Gasteiger partial charge in [0.15, 0.2) is 0 Å². The van der Waals surface area contributed by atoms with E-state index in [4.69, 9.17) is 9.47 Å². The lowest BCUT2D eigenvalue weighted by Gasteiger charge is -2.10. The number of carbonyl (C=O) groups excluding carboxylic acids is 1. The minimum absolute atomic E-state index is 0.215. The van der Waals surface area contributed by atoms with Crippen LogP contribution in [0, 0.1) is 3.57 Å². The van der Waals surface area contributed by atoms with Crippen molar-refractivity contribution < 1.29 is 14.3 Å². The summed E-state index contributed by atoms with van der Waals surface area (Å²) in [5.41, 5.74) is 1.23. The standard InChI is InChI=1S/C15H13BrINO3/c1-20-11-5-9(6-12(8-11)21-2)15(19)18-14-4-3-10(16)7-13(14)17/h3-8H,1-2H3,(H,18,19). The molecule has 0 aliphatic rings. The SMILES string of the molecule is COc1cc(OC)cc(C(=O)Nc2ccc(Br)cc2I)c1. The summed E-state index contributed by atoms with van der Waals surface area (Å²) in [6.07, 6.45) is 0. The average molecular weight is 462 g/mol. The lowest BCUT2D eigenvalue weighted by molar-refractivity contribution is 0.102. The van der Waals surface area contributed by atoms with Crippen molar-refractivity contribution in [3.05, 3.63) is 50.0 Å². The second-order valence-corrected chi connectivity index (χ2v) is 6.26. The number of amides is 1. The van der Waals surface area contributed by atoms with Crippen LogP contribution in [0.2, 0.25) is 0 Å². The first-order valence-electron chi connectivity index (χ1n) is 6.03. The van der Waals surface area contributed by atoms with E-state index >= 15 is 0 Å². The highest BCUT2D eigenvalue weighted by Gasteiger charge is 2.11.